The third-order valence-electron chi connectivity index (χ3n) is 1.89. The lowest BCUT2D eigenvalue weighted by atomic mass is 10.1. The van der Waals surface area contributed by atoms with Gasteiger partial charge in [0, 0.05) is 9.79 Å². The van der Waals surface area contributed by atoms with Gasteiger partial charge in [-0.1, -0.05) is 0 Å². The molecule has 1 aromatic rings. The molecule has 0 heterocycles. The molecule has 0 unspecified atom stereocenters. The summed E-state index contributed by atoms with van der Waals surface area (Å²) in [6, 6.07) is 5.27. The van der Waals surface area contributed by atoms with Gasteiger partial charge < -0.3 is 5.11 Å². The van der Waals surface area contributed by atoms with E-state index in [-0.39, 0.29) is 5.56 Å². The molecule has 0 radical (unpaired) electrons. The molecule has 0 spiro atoms. The summed E-state index contributed by atoms with van der Waals surface area (Å²) in [6.07, 6.45) is 3.63. The van der Waals surface area contributed by atoms with Crippen LogP contribution in [0.1, 0.15) is 15.9 Å². The fourth-order valence-corrected chi connectivity index (χ4v) is 2.58. The minimum absolute atomic E-state index is 0.192. The van der Waals surface area contributed by atoms with Gasteiger partial charge in [-0.2, -0.15) is 5.26 Å². The van der Waals surface area contributed by atoms with Crippen molar-refractivity contribution in [1.82, 2.24) is 0 Å². The van der Waals surface area contributed by atoms with E-state index in [2.05, 4.69) is 6.07 Å². The maximum absolute atomic E-state index is 10.9. The zero-order chi connectivity index (χ0) is 11.4. The SMILES string of the molecule is CSc1ccc(C(=O)O)c(SC)c1C#N. The first-order valence-corrected chi connectivity index (χ1v) is 6.49. The molecule has 0 aromatic heterocycles. The molecular formula is C10H9NO2S2. The normalized spacial score (nSPS) is 9.67. The van der Waals surface area contributed by atoms with E-state index in [4.69, 9.17) is 10.4 Å². The Labute approximate surface area is 96.5 Å². The Kier molecular flexibility index (Phi) is 4.06. The summed E-state index contributed by atoms with van der Waals surface area (Å²) in [5.41, 5.74) is 0.645. The molecule has 0 amide bonds. The van der Waals surface area contributed by atoms with Crippen LogP contribution in [0.2, 0.25) is 0 Å². The van der Waals surface area contributed by atoms with Crippen LogP contribution in [0.3, 0.4) is 0 Å². The van der Waals surface area contributed by atoms with E-state index in [1.807, 2.05) is 6.26 Å². The molecule has 0 aliphatic heterocycles. The highest BCUT2D eigenvalue weighted by molar-refractivity contribution is 7.99. The summed E-state index contributed by atoms with van der Waals surface area (Å²) in [6.45, 7) is 0. The first-order chi connectivity index (χ1) is 7.15. The molecule has 78 valence electrons. The Hall–Kier alpha value is -1.12. The highest BCUT2D eigenvalue weighted by Gasteiger charge is 2.16. The van der Waals surface area contributed by atoms with Gasteiger partial charge in [0.1, 0.15) is 6.07 Å². The van der Waals surface area contributed by atoms with Crippen molar-refractivity contribution in [2.45, 2.75) is 9.79 Å². The standard InChI is InChI=1S/C10H9NO2S2/c1-14-8-4-3-6(10(12)13)9(15-2)7(8)5-11/h3-4H,1-2H3,(H,12,13). The van der Waals surface area contributed by atoms with Crippen LogP contribution in [-0.2, 0) is 0 Å². The highest BCUT2D eigenvalue weighted by Crippen LogP contribution is 2.31. The van der Waals surface area contributed by atoms with Crippen LogP contribution in [0.25, 0.3) is 0 Å². The van der Waals surface area contributed by atoms with E-state index in [1.54, 1.807) is 18.4 Å². The second-order valence-electron chi connectivity index (χ2n) is 2.64. The smallest absolute Gasteiger partial charge is 0.336 e. The predicted octanol–water partition coefficient (Wildman–Crippen LogP) is 2.70. The molecule has 0 saturated heterocycles. The molecule has 5 heteroatoms. The van der Waals surface area contributed by atoms with E-state index in [0.717, 1.165) is 4.90 Å². The lowest BCUT2D eigenvalue weighted by Gasteiger charge is -2.08. The molecule has 0 aliphatic rings. The summed E-state index contributed by atoms with van der Waals surface area (Å²) >= 11 is 2.73. The number of hydrogen-bond donors (Lipinski definition) is 1. The number of carbonyl (C=O) groups is 1. The van der Waals surface area contributed by atoms with Crippen LogP contribution < -0.4 is 0 Å². The summed E-state index contributed by atoms with van der Waals surface area (Å²) in [5, 5.41) is 17.9. The topological polar surface area (TPSA) is 61.1 Å². The monoisotopic (exact) mass is 239 g/mol. The predicted molar refractivity (Wildman–Crippen MR) is 61.7 cm³/mol. The van der Waals surface area contributed by atoms with Gasteiger partial charge in [0.15, 0.2) is 0 Å². The number of nitrogens with zero attached hydrogens (tertiary/aromatic N) is 1. The molecule has 1 N–H and O–H groups in total. The third-order valence-corrected chi connectivity index (χ3v) is 3.50. The van der Waals surface area contributed by atoms with Gasteiger partial charge in [-0.3, -0.25) is 0 Å². The number of benzene rings is 1. The first-order valence-electron chi connectivity index (χ1n) is 4.04. The fraction of sp³-hybridized carbons (Fsp3) is 0.200. The highest BCUT2D eigenvalue weighted by atomic mass is 32.2. The van der Waals surface area contributed by atoms with Crippen LogP contribution in [-0.4, -0.2) is 23.6 Å². The van der Waals surface area contributed by atoms with Crippen molar-refractivity contribution < 1.29 is 9.90 Å². The van der Waals surface area contributed by atoms with E-state index < -0.39 is 5.97 Å². The number of hydrogen-bond acceptors (Lipinski definition) is 4. The van der Waals surface area contributed by atoms with Crippen molar-refractivity contribution in [3.8, 4) is 6.07 Å². The van der Waals surface area contributed by atoms with Crippen LogP contribution in [0.15, 0.2) is 21.9 Å². The van der Waals surface area contributed by atoms with Crippen molar-refractivity contribution in [1.29, 1.82) is 5.26 Å². The van der Waals surface area contributed by atoms with Gasteiger partial charge in [0.05, 0.1) is 11.1 Å². The van der Waals surface area contributed by atoms with Gasteiger partial charge in [-0.25, -0.2) is 4.79 Å². The third kappa shape index (κ3) is 2.28. The lowest BCUT2D eigenvalue weighted by molar-refractivity contribution is 0.0693. The van der Waals surface area contributed by atoms with E-state index in [9.17, 15) is 4.79 Å². The molecule has 0 saturated carbocycles. The second kappa shape index (κ2) is 5.10. The Morgan fingerprint density at radius 2 is 2.07 bits per heavy atom. The van der Waals surface area contributed by atoms with Crippen molar-refractivity contribution in [2.24, 2.45) is 0 Å². The van der Waals surface area contributed by atoms with Gasteiger partial charge in [0.25, 0.3) is 0 Å². The molecule has 1 rings (SSSR count). The zero-order valence-electron chi connectivity index (χ0n) is 8.27. The van der Waals surface area contributed by atoms with Gasteiger partial charge in [-0.05, 0) is 24.6 Å². The molecular weight excluding hydrogens is 230 g/mol. The Morgan fingerprint density at radius 1 is 1.40 bits per heavy atom. The number of nitriles is 1. The fourth-order valence-electron chi connectivity index (χ4n) is 1.22. The summed E-state index contributed by atoms with van der Waals surface area (Å²) < 4.78 is 0. The Morgan fingerprint density at radius 3 is 2.47 bits per heavy atom. The Balaban J connectivity index is 3.50. The Bertz CT molecular complexity index is 438. The second-order valence-corrected chi connectivity index (χ2v) is 4.31. The van der Waals surface area contributed by atoms with Crippen LogP contribution in [0.5, 0.6) is 0 Å². The lowest BCUT2D eigenvalue weighted by Crippen LogP contribution is -2.01. The molecule has 0 bridgehead atoms. The number of aromatic carboxylic acids is 1. The maximum Gasteiger partial charge on any atom is 0.336 e. The minimum Gasteiger partial charge on any atom is -0.478 e. The van der Waals surface area contributed by atoms with Crippen molar-refractivity contribution in [2.75, 3.05) is 12.5 Å². The minimum atomic E-state index is -0.997. The average molecular weight is 239 g/mol. The van der Waals surface area contributed by atoms with Crippen LogP contribution in [0.4, 0.5) is 0 Å². The van der Waals surface area contributed by atoms with Crippen molar-refractivity contribution >= 4 is 29.5 Å². The van der Waals surface area contributed by atoms with Crippen LogP contribution >= 0.6 is 23.5 Å². The van der Waals surface area contributed by atoms with Crippen molar-refractivity contribution in [3.63, 3.8) is 0 Å². The average Bonchev–Trinajstić information content (AvgIpc) is 2.26. The largest absolute Gasteiger partial charge is 0.478 e. The molecule has 0 atom stereocenters. The van der Waals surface area contributed by atoms with Crippen molar-refractivity contribution in [3.05, 3.63) is 23.3 Å². The summed E-state index contributed by atoms with van der Waals surface area (Å²) in [4.78, 5) is 12.3. The molecule has 0 aliphatic carbocycles. The quantitative estimate of drug-likeness (QED) is 0.822. The van der Waals surface area contributed by atoms with E-state index >= 15 is 0 Å². The number of carboxylic acids is 1. The number of thioether (sulfide) groups is 2. The van der Waals surface area contributed by atoms with Gasteiger partial charge in [-0.15, -0.1) is 23.5 Å². The molecule has 3 nitrogen and oxygen atoms in total. The van der Waals surface area contributed by atoms with E-state index in [0.29, 0.717) is 10.5 Å². The summed E-state index contributed by atoms with van der Waals surface area (Å²) in [7, 11) is 0. The summed E-state index contributed by atoms with van der Waals surface area (Å²) in [5.74, 6) is -0.997. The van der Waals surface area contributed by atoms with E-state index in [1.165, 1.54) is 23.5 Å². The van der Waals surface area contributed by atoms with Crippen LogP contribution in [0, 0.1) is 11.3 Å². The zero-order valence-corrected chi connectivity index (χ0v) is 9.91. The number of carboxylic acid groups (broad SMARTS) is 1. The molecule has 15 heavy (non-hydrogen) atoms. The molecule has 0 fully saturated rings. The van der Waals surface area contributed by atoms with Gasteiger partial charge >= 0.3 is 5.97 Å². The maximum atomic E-state index is 10.9. The first kappa shape index (κ1) is 12.0. The molecule has 1 aromatic carbocycles. The number of rotatable bonds is 3. The van der Waals surface area contributed by atoms with Gasteiger partial charge in [0.2, 0.25) is 0 Å².